The summed E-state index contributed by atoms with van der Waals surface area (Å²) in [5, 5.41) is 11.9. The molecule has 1 rings (SSSR count). The summed E-state index contributed by atoms with van der Waals surface area (Å²) in [6.45, 7) is 1.68. The maximum atomic E-state index is 11.5. The summed E-state index contributed by atoms with van der Waals surface area (Å²) < 4.78 is 0. The molecular formula is C13H13Cl2NO3. The van der Waals surface area contributed by atoms with Crippen molar-refractivity contribution in [2.75, 3.05) is 0 Å². The Morgan fingerprint density at radius 1 is 1.42 bits per heavy atom. The first kappa shape index (κ1) is 15.5. The van der Waals surface area contributed by atoms with E-state index in [0.29, 0.717) is 22.0 Å². The smallest absolute Gasteiger partial charge is 0.326 e. The van der Waals surface area contributed by atoms with Gasteiger partial charge in [-0.05, 0) is 24.1 Å². The predicted octanol–water partition coefficient (Wildman–Crippen LogP) is 2.99. The predicted molar refractivity (Wildman–Crippen MR) is 75.4 cm³/mol. The Balaban J connectivity index is 2.73. The second-order valence-electron chi connectivity index (χ2n) is 3.78. The Kier molecular flexibility index (Phi) is 5.86. The Labute approximate surface area is 121 Å². The van der Waals surface area contributed by atoms with Gasteiger partial charge >= 0.3 is 5.97 Å². The lowest BCUT2D eigenvalue weighted by atomic mass is 10.2. The first-order valence-electron chi connectivity index (χ1n) is 5.61. The van der Waals surface area contributed by atoms with Gasteiger partial charge in [0.05, 0.1) is 10.0 Å². The molecule has 0 unspecified atom stereocenters. The van der Waals surface area contributed by atoms with E-state index in [1.165, 1.54) is 12.2 Å². The highest BCUT2D eigenvalue weighted by atomic mass is 35.5. The molecule has 0 aromatic heterocycles. The molecule has 4 nitrogen and oxygen atoms in total. The third kappa shape index (κ3) is 4.58. The number of benzene rings is 1. The van der Waals surface area contributed by atoms with Gasteiger partial charge in [-0.25, -0.2) is 4.79 Å². The van der Waals surface area contributed by atoms with E-state index < -0.39 is 17.9 Å². The number of halogens is 2. The lowest BCUT2D eigenvalue weighted by molar-refractivity contribution is -0.141. The van der Waals surface area contributed by atoms with Crippen LogP contribution in [0, 0.1) is 0 Å². The summed E-state index contributed by atoms with van der Waals surface area (Å²) in [4.78, 5) is 22.3. The molecule has 0 fully saturated rings. The molecule has 0 aliphatic heterocycles. The number of carboxylic acids is 1. The van der Waals surface area contributed by atoms with Gasteiger partial charge in [-0.15, -0.1) is 0 Å². The summed E-state index contributed by atoms with van der Waals surface area (Å²) in [6, 6.07) is 4.15. The number of aliphatic carboxylic acids is 1. The van der Waals surface area contributed by atoms with E-state index in [-0.39, 0.29) is 0 Å². The molecule has 0 spiro atoms. The van der Waals surface area contributed by atoms with Crippen LogP contribution < -0.4 is 5.32 Å². The molecule has 1 aromatic carbocycles. The second kappa shape index (κ2) is 7.16. The summed E-state index contributed by atoms with van der Waals surface area (Å²) in [7, 11) is 0. The average Bonchev–Trinajstić information content (AvgIpc) is 2.37. The van der Waals surface area contributed by atoms with E-state index in [0.717, 1.165) is 0 Å². The molecule has 102 valence electrons. The summed E-state index contributed by atoms with van der Waals surface area (Å²) in [5.74, 6) is -1.56. The van der Waals surface area contributed by atoms with Crippen LogP contribution in [0.25, 0.3) is 6.08 Å². The van der Waals surface area contributed by atoms with Gasteiger partial charge in [0, 0.05) is 6.08 Å². The molecule has 0 radical (unpaired) electrons. The fourth-order valence-corrected chi connectivity index (χ4v) is 1.74. The van der Waals surface area contributed by atoms with Crippen LogP contribution in [-0.2, 0) is 9.59 Å². The Hall–Kier alpha value is -1.52. The number of carbonyl (C=O) groups is 2. The maximum absolute atomic E-state index is 11.5. The summed E-state index contributed by atoms with van der Waals surface area (Å²) in [5.41, 5.74) is 0.590. The zero-order valence-corrected chi connectivity index (χ0v) is 11.7. The molecule has 6 heteroatoms. The molecule has 0 aliphatic rings. The van der Waals surface area contributed by atoms with Crippen LogP contribution in [0.1, 0.15) is 18.9 Å². The number of amides is 1. The second-order valence-corrected chi connectivity index (χ2v) is 4.57. The van der Waals surface area contributed by atoms with Crippen LogP contribution >= 0.6 is 23.2 Å². The molecule has 0 aliphatic carbocycles. The van der Waals surface area contributed by atoms with Crippen LogP contribution in [0.2, 0.25) is 10.0 Å². The van der Waals surface area contributed by atoms with Crippen LogP contribution in [0.3, 0.4) is 0 Å². The minimum atomic E-state index is -1.06. The number of nitrogens with one attached hydrogen (secondary N) is 1. The molecule has 0 saturated carbocycles. The molecule has 0 bridgehead atoms. The van der Waals surface area contributed by atoms with Crippen molar-refractivity contribution in [3.8, 4) is 0 Å². The SMILES string of the molecule is CC[C@@H](NC(=O)C=Cc1cccc(Cl)c1Cl)C(=O)O. The minimum Gasteiger partial charge on any atom is -0.480 e. The highest BCUT2D eigenvalue weighted by Crippen LogP contribution is 2.26. The third-order valence-electron chi connectivity index (χ3n) is 2.42. The van der Waals surface area contributed by atoms with Crippen LogP contribution in [-0.4, -0.2) is 23.0 Å². The maximum Gasteiger partial charge on any atom is 0.326 e. The number of hydrogen-bond acceptors (Lipinski definition) is 2. The van der Waals surface area contributed by atoms with Gasteiger partial charge in [-0.1, -0.05) is 42.3 Å². The van der Waals surface area contributed by atoms with Gasteiger partial charge in [-0.3, -0.25) is 4.79 Å². The van der Waals surface area contributed by atoms with Gasteiger partial charge in [-0.2, -0.15) is 0 Å². The summed E-state index contributed by atoms with van der Waals surface area (Å²) >= 11 is 11.8. The molecule has 1 aromatic rings. The van der Waals surface area contributed by atoms with Crippen molar-refractivity contribution in [1.29, 1.82) is 0 Å². The number of carboxylic acid groups (broad SMARTS) is 1. The fourth-order valence-electron chi connectivity index (χ4n) is 1.37. The third-order valence-corrected chi connectivity index (χ3v) is 3.25. The number of carbonyl (C=O) groups excluding carboxylic acids is 1. The van der Waals surface area contributed by atoms with Crippen LogP contribution in [0.4, 0.5) is 0 Å². The lowest BCUT2D eigenvalue weighted by Gasteiger charge is -2.09. The molecule has 1 atom stereocenters. The number of hydrogen-bond donors (Lipinski definition) is 2. The molecule has 19 heavy (non-hydrogen) atoms. The van der Waals surface area contributed by atoms with Crippen molar-refractivity contribution < 1.29 is 14.7 Å². The zero-order valence-electron chi connectivity index (χ0n) is 10.2. The van der Waals surface area contributed by atoms with Crippen molar-refractivity contribution in [2.45, 2.75) is 19.4 Å². The Morgan fingerprint density at radius 2 is 2.11 bits per heavy atom. The van der Waals surface area contributed by atoms with Crippen molar-refractivity contribution in [3.63, 3.8) is 0 Å². The lowest BCUT2D eigenvalue weighted by Crippen LogP contribution is -2.39. The quantitative estimate of drug-likeness (QED) is 0.822. The van der Waals surface area contributed by atoms with Crippen LogP contribution in [0.15, 0.2) is 24.3 Å². The Bertz CT molecular complexity index is 515. The van der Waals surface area contributed by atoms with E-state index >= 15 is 0 Å². The van der Waals surface area contributed by atoms with E-state index in [9.17, 15) is 9.59 Å². The topological polar surface area (TPSA) is 66.4 Å². The first-order valence-corrected chi connectivity index (χ1v) is 6.36. The van der Waals surface area contributed by atoms with Gasteiger partial charge in [0.25, 0.3) is 0 Å². The van der Waals surface area contributed by atoms with Crippen molar-refractivity contribution in [2.24, 2.45) is 0 Å². The van der Waals surface area contributed by atoms with E-state index in [1.807, 2.05) is 0 Å². The molecular weight excluding hydrogens is 289 g/mol. The van der Waals surface area contributed by atoms with Crippen molar-refractivity contribution >= 4 is 41.2 Å². The standard InChI is InChI=1S/C13H13Cl2NO3/c1-2-10(13(18)19)16-11(17)7-6-8-4-3-5-9(14)12(8)15/h3-7,10H,2H2,1H3,(H,16,17)(H,18,19)/t10-/m1/s1. The Morgan fingerprint density at radius 3 is 2.68 bits per heavy atom. The summed E-state index contributed by atoms with van der Waals surface area (Å²) in [6.07, 6.45) is 3.02. The van der Waals surface area contributed by atoms with Crippen molar-refractivity contribution in [1.82, 2.24) is 5.32 Å². The molecule has 0 heterocycles. The van der Waals surface area contributed by atoms with Gasteiger partial charge in [0.2, 0.25) is 5.91 Å². The molecule has 1 amide bonds. The zero-order chi connectivity index (χ0) is 14.4. The van der Waals surface area contributed by atoms with Gasteiger partial charge in [0.1, 0.15) is 6.04 Å². The highest BCUT2D eigenvalue weighted by molar-refractivity contribution is 6.42. The normalized spacial score (nSPS) is 12.4. The molecule has 0 saturated heterocycles. The minimum absolute atomic E-state index is 0.312. The first-order chi connectivity index (χ1) is 8.95. The van der Waals surface area contributed by atoms with E-state index in [1.54, 1.807) is 25.1 Å². The van der Waals surface area contributed by atoms with Crippen LogP contribution in [0.5, 0.6) is 0 Å². The highest BCUT2D eigenvalue weighted by Gasteiger charge is 2.15. The van der Waals surface area contributed by atoms with Gasteiger partial charge in [0.15, 0.2) is 0 Å². The van der Waals surface area contributed by atoms with E-state index in [4.69, 9.17) is 28.3 Å². The average molecular weight is 302 g/mol. The molecule has 2 N–H and O–H groups in total. The monoisotopic (exact) mass is 301 g/mol. The van der Waals surface area contributed by atoms with Gasteiger partial charge < -0.3 is 10.4 Å². The largest absolute Gasteiger partial charge is 0.480 e. The fraction of sp³-hybridized carbons (Fsp3) is 0.231. The van der Waals surface area contributed by atoms with Crippen molar-refractivity contribution in [3.05, 3.63) is 39.9 Å². The van der Waals surface area contributed by atoms with E-state index in [2.05, 4.69) is 5.32 Å². The number of rotatable bonds is 5.